The lowest BCUT2D eigenvalue weighted by Crippen LogP contribution is -2.12. The number of rotatable bonds is 5. The molecular formula is C41H40N2S. The average molecular weight is 593 g/mol. The molecule has 0 saturated heterocycles. The van der Waals surface area contributed by atoms with Crippen LogP contribution in [0.25, 0.3) is 59.4 Å². The standard InChI is InChI=1S/C41H40N2S/c1-25(2)31-23-28(27-15-9-8-10-16-27)24-32(26(3)4)38(31)43-35-19-13-12-18-34(35)42-40(43)30-21-22-33(41(5,6)7)37-29-17-11-14-20-36(29)44-39(30)37/h8-26H,1-7H3. The maximum absolute atomic E-state index is 5.42. The molecule has 0 aliphatic heterocycles. The number of benzene rings is 5. The first kappa shape index (κ1) is 28.6. The van der Waals surface area contributed by atoms with Crippen molar-refractivity contribution in [2.75, 3.05) is 0 Å². The van der Waals surface area contributed by atoms with E-state index in [9.17, 15) is 0 Å². The van der Waals surface area contributed by atoms with E-state index in [1.165, 1.54) is 59.2 Å². The van der Waals surface area contributed by atoms with Gasteiger partial charge in [-0.1, -0.05) is 115 Å². The molecule has 0 saturated carbocycles. The van der Waals surface area contributed by atoms with E-state index in [0.29, 0.717) is 11.8 Å². The van der Waals surface area contributed by atoms with Gasteiger partial charge in [0.05, 0.1) is 16.7 Å². The van der Waals surface area contributed by atoms with E-state index in [1.807, 2.05) is 11.3 Å². The fraction of sp³-hybridized carbons (Fsp3) is 0.244. The van der Waals surface area contributed by atoms with Crippen molar-refractivity contribution in [1.29, 1.82) is 0 Å². The van der Waals surface area contributed by atoms with Gasteiger partial charge in [-0.05, 0) is 81.5 Å². The highest BCUT2D eigenvalue weighted by Gasteiger charge is 2.27. The molecule has 0 spiro atoms. The second-order valence-corrected chi connectivity index (χ2v) is 14.7. The molecule has 2 heterocycles. The molecule has 2 aromatic heterocycles. The van der Waals surface area contributed by atoms with Crippen molar-refractivity contribution in [3.63, 3.8) is 0 Å². The number of aromatic nitrogens is 2. The zero-order valence-electron chi connectivity index (χ0n) is 26.8. The normalized spacial score (nSPS) is 12.4. The van der Waals surface area contributed by atoms with E-state index in [-0.39, 0.29) is 5.41 Å². The largest absolute Gasteiger partial charge is 0.292 e. The van der Waals surface area contributed by atoms with Gasteiger partial charge in [0.15, 0.2) is 0 Å². The number of hydrogen-bond acceptors (Lipinski definition) is 2. The maximum Gasteiger partial charge on any atom is 0.147 e. The van der Waals surface area contributed by atoms with Crippen LogP contribution in [0.3, 0.4) is 0 Å². The summed E-state index contributed by atoms with van der Waals surface area (Å²) >= 11 is 1.89. The van der Waals surface area contributed by atoms with Crippen LogP contribution in [0, 0.1) is 0 Å². The van der Waals surface area contributed by atoms with Crippen molar-refractivity contribution in [3.05, 3.63) is 120 Å². The summed E-state index contributed by atoms with van der Waals surface area (Å²) in [6.45, 7) is 16.2. The molecule has 0 radical (unpaired) electrons. The zero-order chi connectivity index (χ0) is 30.7. The predicted molar refractivity (Wildman–Crippen MR) is 192 cm³/mol. The van der Waals surface area contributed by atoms with Gasteiger partial charge in [-0.2, -0.15) is 0 Å². The highest BCUT2D eigenvalue weighted by Crippen LogP contribution is 2.46. The molecule has 0 aliphatic rings. The number of thiophene rings is 1. The van der Waals surface area contributed by atoms with Crippen LogP contribution in [0.15, 0.2) is 103 Å². The highest BCUT2D eigenvalue weighted by atomic mass is 32.1. The van der Waals surface area contributed by atoms with Crippen molar-refractivity contribution in [2.24, 2.45) is 0 Å². The lowest BCUT2D eigenvalue weighted by molar-refractivity contribution is 0.596. The van der Waals surface area contributed by atoms with Gasteiger partial charge < -0.3 is 0 Å². The van der Waals surface area contributed by atoms with E-state index < -0.39 is 0 Å². The Labute approximate surface area is 265 Å². The van der Waals surface area contributed by atoms with Gasteiger partial charge in [0, 0.05) is 25.7 Å². The molecule has 7 aromatic rings. The smallest absolute Gasteiger partial charge is 0.147 e. The predicted octanol–water partition coefficient (Wildman–Crippen LogP) is 12.3. The third kappa shape index (κ3) is 4.66. The van der Waals surface area contributed by atoms with Crippen LogP contribution in [0.5, 0.6) is 0 Å². The Morgan fingerprint density at radius 1 is 0.682 bits per heavy atom. The van der Waals surface area contributed by atoms with Gasteiger partial charge >= 0.3 is 0 Å². The molecular weight excluding hydrogens is 553 g/mol. The van der Waals surface area contributed by atoms with Gasteiger partial charge in [-0.15, -0.1) is 11.3 Å². The molecule has 2 nitrogen and oxygen atoms in total. The topological polar surface area (TPSA) is 17.8 Å². The summed E-state index contributed by atoms with van der Waals surface area (Å²) in [7, 11) is 0. The fourth-order valence-electron chi connectivity index (χ4n) is 6.68. The van der Waals surface area contributed by atoms with E-state index >= 15 is 0 Å². The lowest BCUT2D eigenvalue weighted by Gasteiger charge is -2.25. The van der Waals surface area contributed by atoms with Crippen molar-refractivity contribution >= 4 is 42.5 Å². The Hall–Kier alpha value is -4.21. The Morgan fingerprint density at radius 2 is 1.32 bits per heavy atom. The Bertz CT molecular complexity index is 2120. The zero-order valence-corrected chi connectivity index (χ0v) is 27.6. The summed E-state index contributed by atoms with van der Waals surface area (Å²) in [6.07, 6.45) is 0. The Morgan fingerprint density at radius 3 is 2.00 bits per heavy atom. The Kier molecular flexibility index (Phi) is 6.98. The second kappa shape index (κ2) is 10.7. The minimum absolute atomic E-state index is 0.0175. The quantitative estimate of drug-likeness (QED) is 0.194. The van der Waals surface area contributed by atoms with Crippen molar-refractivity contribution in [2.45, 2.75) is 65.7 Å². The lowest BCUT2D eigenvalue weighted by atomic mass is 9.83. The van der Waals surface area contributed by atoms with Gasteiger partial charge in [0.2, 0.25) is 0 Å². The van der Waals surface area contributed by atoms with Crippen LogP contribution >= 0.6 is 11.3 Å². The van der Waals surface area contributed by atoms with E-state index in [1.54, 1.807) is 0 Å². The molecule has 3 heteroatoms. The molecule has 5 aromatic carbocycles. The van der Waals surface area contributed by atoms with Gasteiger partial charge in [-0.25, -0.2) is 4.98 Å². The first-order valence-corrected chi connectivity index (χ1v) is 16.6. The van der Waals surface area contributed by atoms with Gasteiger partial charge in [0.1, 0.15) is 5.82 Å². The third-order valence-corrected chi connectivity index (χ3v) is 10.1. The number of hydrogen-bond donors (Lipinski definition) is 0. The number of para-hydroxylation sites is 2. The molecule has 0 amide bonds. The monoisotopic (exact) mass is 592 g/mol. The van der Waals surface area contributed by atoms with Gasteiger partial charge in [0.25, 0.3) is 0 Å². The third-order valence-electron chi connectivity index (χ3n) is 8.88. The van der Waals surface area contributed by atoms with Crippen LogP contribution in [0.4, 0.5) is 0 Å². The molecule has 0 fully saturated rings. The van der Waals surface area contributed by atoms with Crippen LogP contribution < -0.4 is 0 Å². The van der Waals surface area contributed by atoms with Crippen LogP contribution in [-0.2, 0) is 5.41 Å². The average Bonchev–Trinajstić information content (AvgIpc) is 3.59. The van der Waals surface area contributed by atoms with Crippen molar-refractivity contribution in [3.8, 4) is 28.2 Å². The summed E-state index contributed by atoms with van der Waals surface area (Å²) in [6, 6.07) is 37.8. The second-order valence-electron chi connectivity index (χ2n) is 13.7. The van der Waals surface area contributed by atoms with Crippen LogP contribution in [0.2, 0.25) is 0 Å². The minimum atomic E-state index is 0.0175. The van der Waals surface area contributed by atoms with E-state index in [0.717, 1.165) is 16.9 Å². The number of nitrogens with zero attached hydrogens (tertiary/aromatic N) is 2. The molecule has 220 valence electrons. The van der Waals surface area contributed by atoms with Gasteiger partial charge in [-0.3, -0.25) is 4.57 Å². The highest BCUT2D eigenvalue weighted by molar-refractivity contribution is 7.26. The molecule has 44 heavy (non-hydrogen) atoms. The molecule has 0 unspecified atom stereocenters. The molecule has 0 N–H and O–H groups in total. The van der Waals surface area contributed by atoms with Crippen LogP contribution in [0.1, 0.15) is 77.0 Å². The first-order chi connectivity index (χ1) is 21.1. The number of fused-ring (bicyclic) bond motifs is 4. The maximum atomic E-state index is 5.42. The number of imidazole rings is 1. The molecule has 0 bridgehead atoms. The summed E-state index contributed by atoms with van der Waals surface area (Å²) in [4.78, 5) is 5.42. The van der Waals surface area contributed by atoms with Crippen molar-refractivity contribution in [1.82, 2.24) is 9.55 Å². The molecule has 0 atom stereocenters. The first-order valence-electron chi connectivity index (χ1n) is 15.8. The summed E-state index contributed by atoms with van der Waals surface area (Å²) in [5, 5.41) is 2.70. The SMILES string of the molecule is CC(C)c1cc(-c2ccccc2)cc(C(C)C)c1-n1c(-c2ccc(C(C)(C)C)c3c2sc2ccccc23)nc2ccccc21. The summed E-state index contributed by atoms with van der Waals surface area (Å²) < 4.78 is 5.11. The molecule has 0 aliphatic carbocycles. The van der Waals surface area contributed by atoms with Crippen LogP contribution in [-0.4, -0.2) is 9.55 Å². The Balaban J connectivity index is 1.61. The van der Waals surface area contributed by atoms with E-state index in [2.05, 4.69) is 156 Å². The molecule has 7 rings (SSSR count). The fourth-order valence-corrected chi connectivity index (χ4v) is 7.92. The minimum Gasteiger partial charge on any atom is -0.292 e. The van der Waals surface area contributed by atoms with E-state index in [4.69, 9.17) is 4.98 Å². The summed E-state index contributed by atoms with van der Waals surface area (Å²) in [5.41, 5.74) is 11.3. The summed E-state index contributed by atoms with van der Waals surface area (Å²) in [5.74, 6) is 1.67. The van der Waals surface area contributed by atoms with Crippen molar-refractivity contribution < 1.29 is 0 Å².